The molecule has 2 N–H and O–H groups in total. The molecule has 0 radical (unpaired) electrons. The first-order valence-corrected chi connectivity index (χ1v) is 10.2. The average molecular weight is 374 g/mol. The smallest absolute Gasteiger partial charge is 0.123 e. The number of ether oxygens (including phenoxy) is 1. The molecule has 0 saturated heterocycles. The molecule has 2 nitrogen and oxygen atoms in total. The van der Waals surface area contributed by atoms with Gasteiger partial charge in [0.25, 0.3) is 0 Å². The molecule has 1 atom stereocenters. The van der Waals surface area contributed by atoms with Gasteiger partial charge in [-0.2, -0.15) is 0 Å². The van der Waals surface area contributed by atoms with Crippen molar-refractivity contribution in [1.82, 2.24) is 0 Å². The normalized spacial score (nSPS) is 12.5. The summed E-state index contributed by atoms with van der Waals surface area (Å²) in [6.45, 7) is 2.23. The zero-order valence-electron chi connectivity index (χ0n) is 17.0. The Bertz CT molecular complexity index is 805. The lowest BCUT2D eigenvalue weighted by Crippen LogP contribution is -2.47. The Balaban J connectivity index is 2.29. The molecule has 0 fully saturated rings. The number of nitrogens with two attached hydrogens (primary N) is 1. The van der Waals surface area contributed by atoms with Crippen molar-refractivity contribution in [2.45, 2.75) is 44.1 Å². The van der Waals surface area contributed by atoms with Gasteiger partial charge in [0, 0.05) is 11.6 Å². The molecule has 28 heavy (non-hydrogen) atoms. The van der Waals surface area contributed by atoms with Gasteiger partial charge in [0.1, 0.15) is 5.75 Å². The van der Waals surface area contributed by atoms with E-state index in [1.54, 1.807) is 7.11 Å². The van der Waals surface area contributed by atoms with E-state index in [0.717, 1.165) is 24.2 Å². The van der Waals surface area contributed by atoms with Crippen LogP contribution in [0.1, 0.15) is 49.3 Å². The zero-order valence-corrected chi connectivity index (χ0v) is 17.0. The third kappa shape index (κ3) is 3.83. The topological polar surface area (TPSA) is 35.2 Å². The minimum atomic E-state index is -0.469. The van der Waals surface area contributed by atoms with Gasteiger partial charge in [-0.1, -0.05) is 105 Å². The fourth-order valence-corrected chi connectivity index (χ4v) is 4.31. The van der Waals surface area contributed by atoms with Gasteiger partial charge in [0.15, 0.2) is 0 Å². The minimum absolute atomic E-state index is 0.0693. The van der Waals surface area contributed by atoms with E-state index < -0.39 is 5.41 Å². The van der Waals surface area contributed by atoms with Crippen LogP contribution in [-0.2, 0) is 5.41 Å². The summed E-state index contributed by atoms with van der Waals surface area (Å²) in [4.78, 5) is 0. The molecule has 1 unspecified atom stereocenters. The van der Waals surface area contributed by atoms with Gasteiger partial charge in [-0.25, -0.2) is 0 Å². The maximum atomic E-state index is 7.06. The molecule has 0 saturated carbocycles. The van der Waals surface area contributed by atoms with Crippen molar-refractivity contribution in [2.24, 2.45) is 5.73 Å². The van der Waals surface area contributed by atoms with Gasteiger partial charge in [-0.05, 0) is 23.6 Å². The Hall–Kier alpha value is -2.58. The van der Waals surface area contributed by atoms with Crippen LogP contribution in [0.5, 0.6) is 5.75 Å². The molecule has 0 aliphatic heterocycles. The first kappa shape index (κ1) is 20.2. The second-order valence-electron chi connectivity index (χ2n) is 7.34. The van der Waals surface area contributed by atoms with E-state index in [4.69, 9.17) is 10.5 Å². The average Bonchev–Trinajstić information content (AvgIpc) is 2.76. The van der Waals surface area contributed by atoms with E-state index in [9.17, 15) is 0 Å². The summed E-state index contributed by atoms with van der Waals surface area (Å²) in [5.74, 6) is 0.876. The third-order valence-corrected chi connectivity index (χ3v) is 5.66. The lowest BCUT2D eigenvalue weighted by molar-refractivity contribution is 0.378. The molecule has 0 aliphatic rings. The zero-order chi connectivity index (χ0) is 19.8. The second-order valence-corrected chi connectivity index (χ2v) is 7.34. The van der Waals surface area contributed by atoms with Crippen LogP contribution in [0.3, 0.4) is 0 Å². The molecular formula is C26H31NO. The van der Waals surface area contributed by atoms with Crippen LogP contribution in [0, 0.1) is 0 Å². The van der Waals surface area contributed by atoms with Crippen LogP contribution >= 0.6 is 0 Å². The summed E-state index contributed by atoms with van der Waals surface area (Å²) in [7, 11) is 1.74. The SMILES string of the molecule is CCCCCC(N)C(c1ccccc1)(c1ccccc1)c1ccccc1OC. The molecule has 0 aromatic heterocycles. The van der Waals surface area contributed by atoms with E-state index in [1.165, 1.54) is 24.0 Å². The van der Waals surface area contributed by atoms with E-state index in [2.05, 4.69) is 79.7 Å². The van der Waals surface area contributed by atoms with Crippen LogP contribution in [0.25, 0.3) is 0 Å². The molecule has 3 rings (SSSR count). The van der Waals surface area contributed by atoms with E-state index in [0.29, 0.717) is 0 Å². The highest BCUT2D eigenvalue weighted by molar-refractivity contribution is 5.57. The summed E-state index contributed by atoms with van der Waals surface area (Å²) in [6.07, 6.45) is 4.45. The number of hydrogen-bond donors (Lipinski definition) is 1. The molecule has 146 valence electrons. The lowest BCUT2D eigenvalue weighted by atomic mass is 9.63. The fraction of sp³-hybridized carbons (Fsp3) is 0.308. The highest BCUT2D eigenvalue weighted by Crippen LogP contribution is 2.46. The maximum Gasteiger partial charge on any atom is 0.123 e. The van der Waals surface area contributed by atoms with E-state index >= 15 is 0 Å². The number of benzene rings is 3. The monoisotopic (exact) mass is 373 g/mol. The molecule has 0 bridgehead atoms. The summed E-state index contributed by atoms with van der Waals surface area (Å²) >= 11 is 0. The van der Waals surface area contributed by atoms with Crippen molar-refractivity contribution in [1.29, 1.82) is 0 Å². The summed E-state index contributed by atoms with van der Waals surface area (Å²) < 4.78 is 5.81. The predicted octanol–water partition coefficient (Wildman–Crippen LogP) is 5.94. The highest BCUT2D eigenvalue weighted by Gasteiger charge is 2.43. The summed E-state index contributed by atoms with van der Waals surface area (Å²) in [6, 6.07) is 29.5. The molecule has 2 heteroatoms. The van der Waals surface area contributed by atoms with Gasteiger partial charge in [-0.3, -0.25) is 0 Å². The standard InChI is InChI=1S/C26H31NO/c1-3-4-7-20-25(27)26(21-14-8-5-9-15-21,22-16-10-6-11-17-22)23-18-12-13-19-24(23)28-2/h5-6,8-19,25H,3-4,7,20,27H2,1-2H3. The van der Waals surface area contributed by atoms with Gasteiger partial charge in [0.05, 0.1) is 12.5 Å². The number of methoxy groups -OCH3 is 1. The van der Waals surface area contributed by atoms with Crippen molar-refractivity contribution >= 4 is 0 Å². The van der Waals surface area contributed by atoms with Crippen molar-refractivity contribution < 1.29 is 4.74 Å². The molecule has 3 aromatic carbocycles. The van der Waals surface area contributed by atoms with Gasteiger partial charge in [-0.15, -0.1) is 0 Å². The summed E-state index contributed by atoms with van der Waals surface area (Å²) in [5, 5.41) is 0. The van der Waals surface area contributed by atoms with Crippen LogP contribution in [0.15, 0.2) is 84.9 Å². The molecular weight excluding hydrogens is 342 g/mol. The first-order chi connectivity index (χ1) is 13.7. The highest BCUT2D eigenvalue weighted by atomic mass is 16.5. The van der Waals surface area contributed by atoms with Gasteiger partial charge >= 0.3 is 0 Å². The maximum absolute atomic E-state index is 7.06. The minimum Gasteiger partial charge on any atom is -0.496 e. The molecule has 0 spiro atoms. The van der Waals surface area contributed by atoms with Crippen molar-refractivity contribution in [3.8, 4) is 5.75 Å². The number of para-hydroxylation sites is 1. The van der Waals surface area contributed by atoms with Crippen LogP contribution in [0.4, 0.5) is 0 Å². The quantitative estimate of drug-likeness (QED) is 0.372. The van der Waals surface area contributed by atoms with Gasteiger partial charge in [0.2, 0.25) is 0 Å². The molecule has 3 aromatic rings. The molecule has 0 aliphatic carbocycles. The van der Waals surface area contributed by atoms with Crippen molar-refractivity contribution in [2.75, 3.05) is 7.11 Å². The molecule has 0 heterocycles. The lowest BCUT2D eigenvalue weighted by Gasteiger charge is -2.41. The summed E-state index contributed by atoms with van der Waals surface area (Å²) in [5.41, 5.74) is 10.1. The Labute approximate surface area is 169 Å². The fourth-order valence-electron chi connectivity index (χ4n) is 4.31. The van der Waals surface area contributed by atoms with E-state index in [-0.39, 0.29) is 6.04 Å². The van der Waals surface area contributed by atoms with Crippen molar-refractivity contribution in [3.05, 3.63) is 102 Å². The Morgan fingerprint density at radius 1 is 0.786 bits per heavy atom. The molecule has 0 amide bonds. The second kappa shape index (κ2) is 9.57. The third-order valence-electron chi connectivity index (χ3n) is 5.66. The predicted molar refractivity (Wildman–Crippen MR) is 118 cm³/mol. The van der Waals surface area contributed by atoms with Crippen LogP contribution < -0.4 is 10.5 Å². The van der Waals surface area contributed by atoms with Crippen LogP contribution in [0.2, 0.25) is 0 Å². The van der Waals surface area contributed by atoms with Gasteiger partial charge < -0.3 is 10.5 Å². The Kier molecular flexibility index (Phi) is 6.89. The largest absolute Gasteiger partial charge is 0.496 e. The van der Waals surface area contributed by atoms with E-state index in [1.807, 2.05) is 12.1 Å². The number of hydrogen-bond acceptors (Lipinski definition) is 2. The Morgan fingerprint density at radius 2 is 1.32 bits per heavy atom. The first-order valence-electron chi connectivity index (χ1n) is 10.2. The van der Waals surface area contributed by atoms with Crippen molar-refractivity contribution in [3.63, 3.8) is 0 Å². The number of unbranched alkanes of at least 4 members (excludes halogenated alkanes) is 2. The van der Waals surface area contributed by atoms with Crippen LogP contribution in [-0.4, -0.2) is 13.2 Å². The Morgan fingerprint density at radius 3 is 1.86 bits per heavy atom. The number of rotatable bonds is 9.